The largest absolute Gasteiger partial charge is 0.493 e. The van der Waals surface area contributed by atoms with E-state index in [0.29, 0.717) is 41.2 Å². The summed E-state index contributed by atoms with van der Waals surface area (Å²) in [5.41, 5.74) is 2.84. The molecule has 1 heterocycles. The Morgan fingerprint density at radius 1 is 0.898 bits per heavy atom. The summed E-state index contributed by atoms with van der Waals surface area (Å²) in [5, 5.41) is 7.96. The van der Waals surface area contributed by atoms with Crippen molar-refractivity contribution in [1.82, 2.24) is 9.62 Å². The first-order valence-corrected chi connectivity index (χ1v) is 18.0. The van der Waals surface area contributed by atoms with Gasteiger partial charge in [0.1, 0.15) is 11.6 Å². The molecule has 15 heteroatoms. The molecule has 2 aliphatic carbocycles. The van der Waals surface area contributed by atoms with Crippen LogP contribution < -0.4 is 9.46 Å². The molecule has 3 aromatic rings. The lowest BCUT2D eigenvalue weighted by atomic mass is 9.91. The van der Waals surface area contributed by atoms with Crippen LogP contribution in [-0.2, 0) is 14.8 Å². The molecule has 1 amide bonds. The Balaban J connectivity index is 0.000000606. The molecule has 0 aromatic heterocycles. The van der Waals surface area contributed by atoms with E-state index in [1.807, 2.05) is 29.0 Å². The molecule has 3 aromatic carbocycles. The van der Waals surface area contributed by atoms with E-state index in [4.69, 9.17) is 37.8 Å². The number of benzene rings is 3. The molecule has 3 aliphatic rings. The maximum Gasteiger partial charge on any atom is 0.490 e. The van der Waals surface area contributed by atoms with Crippen LogP contribution in [0.2, 0.25) is 10.0 Å². The summed E-state index contributed by atoms with van der Waals surface area (Å²) in [6.45, 7) is 2.17. The molecule has 264 valence electrons. The second-order valence-electron chi connectivity index (χ2n) is 12.4. The number of carboxylic acids is 1. The second-order valence-corrected chi connectivity index (χ2v) is 15.3. The van der Waals surface area contributed by atoms with Crippen LogP contribution in [0.25, 0.3) is 0 Å². The van der Waals surface area contributed by atoms with Crippen LogP contribution in [0.3, 0.4) is 0 Å². The fourth-order valence-corrected chi connectivity index (χ4v) is 7.26. The van der Waals surface area contributed by atoms with Gasteiger partial charge in [-0.2, -0.15) is 13.2 Å². The molecule has 2 N–H and O–H groups in total. The van der Waals surface area contributed by atoms with Gasteiger partial charge >= 0.3 is 12.1 Å². The average Bonchev–Trinajstić information content (AvgIpc) is 3.96. The molecule has 3 fully saturated rings. The Kier molecular flexibility index (Phi) is 11.5. The fourth-order valence-electron chi connectivity index (χ4n) is 5.72. The third kappa shape index (κ3) is 9.87. The molecular weight excluding hydrogens is 711 g/mol. The smallest absolute Gasteiger partial charge is 0.490 e. The van der Waals surface area contributed by atoms with Crippen LogP contribution in [-0.4, -0.2) is 61.4 Å². The average molecular weight is 746 g/mol. The van der Waals surface area contributed by atoms with Gasteiger partial charge in [-0.3, -0.25) is 9.69 Å². The highest BCUT2D eigenvalue weighted by Crippen LogP contribution is 2.45. The monoisotopic (exact) mass is 744 g/mol. The number of halogens is 6. The second kappa shape index (κ2) is 15.2. The van der Waals surface area contributed by atoms with Gasteiger partial charge in [-0.05, 0) is 110 Å². The molecule has 6 rings (SSSR count). The molecule has 1 aliphatic heterocycles. The van der Waals surface area contributed by atoms with E-state index in [1.165, 1.54) is 12.1 Å². The summed E-state index contributed by atoms with van der Waals surface area (Å²) < 4.78 is 79.5. The van der Waals surface area contributed by atoms with Gasteiger partial charge in [0.25, 0.3) is 5.91 Å². The first-order chi connectivity index (χ1) is 23.1. The molecule has 8 nitrogen and oxygen atoms in total. The Bertz CT molecular complexity index is 1710. The Morgan fingerprint density at radius 2 is 1.41 bits per heavy atom. The summed E-state index contributed by atoms with van der Waals surface area (Å²) in [5.74, 6) is -3.53. The number of carboxylic acid groups (broad SMARTS) is 1. The van der Waals surface area contributed by atoms with Gasteiger partial charge in [0, 0.05) is 16.1 Å². The van der Waals surface area contributed by atoms with Gasteiger partial charge in [0.15, 0.2) is 0 Å². The quantitative estimate of drug-likeness (QED) is 0.204. The van der Waals surface area contributed by atoms with Gasteiger partial charge in [0.2, 0.25) is 10.0 Å². The van der Waals surface area contributed by atoms with Crippen molar-refractivity contribution in [3.8, 4) is 5.75 Å². The summed E-state index contributed by atoms with van der Waals surface area (Å²) in [6.07, 6.45) is -0.353. The van der Waals surface area contributed by atoms with Gasteiger partial charge < -0.3 is 9.84 Å². The number of carbonyl (C=O) groups is 2. The van der Waals surface area contributed by atoms with Crippen LogP contribution in [0.5, 0.6) is 5.75 Å². The van der Waals surface area contributed by atoms with Crippen molar-refractivity contribution in [2.75, 3.05) is 19.7 Å². The normalized spacial score (nSPS) is 17.3. The Labute approximate surface area is 291 Å². The Hall–Kier alpha value is -3.39. The predicted molar refractivity (Wildman–Crippen MR) is 176 cm³/mol. The zero-order chi connectivity index (χ0) is 35.5. The number of aliphatic carboxylic acids is 1. The summed E-state index contributed by atoms with van der Waals surface area (Å²) in [4.78, 5) is 24.0. The molecule has 0 spiro atoms. The van der Waals surface area contributed by atoms with Gasteiger partial charge in [-0.1, -0.05) is 47.5 Å². The first kappa shape index (κ1) is 36.9. The van der Waals surface area contributed by atoms with E-state index >= 15 is 4.39 Å². The lowest BCUT2D eigenvalue weighted by Gasteiger charge is -2.38. The fraction of sp³-hybridized carbons (Fsp3) is 0.412. The number of hydrogen-bond acceptors (Lipinski definition) is 6. The van der Waals surface area contributed by atoms with Crippen molar-refractivity contribution < 1.29 is 45.4 Å². The van der Waals surface area contributed by atoms with E-state index in [2.05, 4.69) is 29.2 Å². The highest BCUT2D eigenvalue weighted by Gasteiger charge is 2.39. The lowest BCUT2D eigenvalue weighted by Crippen LogP contribution is -2.38. The summed E-state index contributed by atoms with van der Waals surface area (Å²) in [6, 6.07) is 18.7. The minimum atomic E-state index is -5.08. The van der Waals surface area contributed by atoms with E-state index < -0.39 is 39.1 Å². The molecule has 0 bridgehead atoms. The molecule has 0 radical (unpaired) electrons. The number of hydrogen-bond donors (Lipinski definition) is 2. The Morgan fingerprint density at radius 3 is 1.86 bits per heavy atom. The van der Waals surface area contributed by atoms with Crippen LogP contribution in [0.1, 0.15) is 77.5 Å². The standard InChI is InChI=1S/C32H33Cl2FN2O4S.C2HF3O2/c33-24-7-3-22(4-8-24)31(23-5-9-25(34)10-6-23)37-15-13-20(14-16-37)19-41-30-18-29(35)28(17-27(30)21-1-2-21)32(38)36-42(39,40)26-11-12-26;3-2(4,5)1(6)7/h3-10,17-18,20-21,26,31H,1-2,11-16,19H2,(H,36,38);(H,6,7). The summed E-state index contributed by atoms with van der Waals surface area (Å²) >= 11 is 12.3. The number of nitrogens with zero attached hydrogens (tertiary/aromatic N) is 1. The number of piperidine rings is 1. The number of likely N-dealkylation sites (tertiary alicyclic amines) is 1. The number of amides is 1. The van der Waals surface area contributed by atoms with Crippen LogP contribution in [0.4, 0.5) is 17.6 Å². The molecule has 1 saturated heterocycles. The number of carbonyl (C=O) groups excluding carboxylic acids is 1. The van der Waals surface area contributed by atoms with Crippen molar-refractivity contribution in [2.45, 2.75) is 61.9 Å². The molecular formula is C34H34Cl2F4N2O6S. The zero-order valence-electron chi connectivity index (χ0n) is 26.1. The number of nitrogens with one attached hydrogen (secondary N) is 1. The van der Waals surface area contributed by atoms with Crippen molar-refractivity contribution >= 4 is 45.1 Å². The zero-order valence-corrected chi connectivity index (χ0v) is 28.4. The van der Waals surface area contributed by atoms with Gasteiger partial charge in [-0.25, -0.2) is 22.3 Å². The van der Waals surface area contributed by atoms with Crippen LogP contribution in [0, 0.1) is 11.7 Å². The van der Waals surface area contributed by atoms with E-state index in [-0.39, 0.29) is 17.5 Å². The van der Waals surface area contributed by atoms with E-state index in [9.17, 15) is 26.4 Å². The maximum atomic E-state index is 15.1. The number of rotatable bonds is 10. The third-order valence-corrected chi connectivity index (χ3v) is 11.0. The predicted octanol–water partition coefficient (Wildman–Crippen LogP) is 7.75. The SMILES string of the molecule is O=C(NS(=O)(=O)C1CC1)c1cc(C2CC2)c(OCC2CCN(C(c3ccc(Cl)cc3)c3ccc(Cl)cc3)CC2)cc1F.O=C(O)C(F)(F)F. The minimum Gasteiger partial charge on any atom is -0.493 e. The number of alkyl halides is 3. The number of ether oxygens (including phenoxy) is 1. The van der Waals surface area contributed by atoms with E-state index in [1.54, 1.807) is 0 Å². The third-order valence-electron chi connectivity index (χ3n) is 8.66. The first-order valence-electron chi connectivity index (χ1n) is 15.7. The molecule has 0 unspecified atom stereocenters. The molecule has 2 saturated carbocycles. The van der Waals surface area contributed by atoms with Gasteiger partial charge in [0.05, 0.1) is 23.5 Å². The van der Waals surface area contributed by atoms with Crippen molar-refractivity contribution in [2.24, 2.45) is 5.92 Å². The highest BCUT2D eigenvalue weighted by atomic mass is 35.5. The van der Waals surface area contributed by atoms with E-state index in [0.717, 1.165) is 55.5 Å². The number of sulfonamides is 1. The summed E-state index contributed by atoms with van der Waals surface area (Å²) in [7, 11) is -3.77. The van der Waals surface area contributed by atoms with Gasteiger partial charge in [-0.15, -0.1) is 0 Å². The lowest BCUT2D eigenvalue weighted by molar-refractivity contribution is -0.192. The van der Waals surface area contributed by atoms with Crippen molar-refractivity contribution in [3.05, 3.63) is 98.8 Å². The molecule has 0 atom stereocenters. The highest BCUT2D eigenvalue weighted by molar-refractivity contribution is 7.91. The van der Waals surface area contributed by atoms with Crippen molar-refractivity contribution in [1.29, 1.82) is 0 Å². The topological polar surface area (TPSA) is 113 Å². The maximum absolute atomic E-state index is 15.1. The van der Waals surface area contributed by atoms with Crippen LogP contribution in [0.15, 0.2) is 60.7 Å². The minimum absolute atomic E-state index is 0.0689. The van der Waals surface area contributed by atoms with Crippen LogP contribution >= 0.6 is 23.2 Å². The van der Waals surface area contributed by atoms with Crippen molar-refractivity contribution in [3.63, 3.8) is 0 Å². The molecule has 49 heavy (non-hydrogen) atoms.